The van der Waals surface area contributed by atoms with E-state index < -0.39 is 17.7 Å². The quantitative estimate of drug-likeness (QED) is 0.216. The van der Waals surface area contributed by atoms with Gasteiger partial charge in [-0.05, 0) is 72.9 Å². The van der Waals surface area contributed by atoms with E-state index in [9.17, 15) is 14.7 Å². The fraction of sp³-hybridized carbons (Fsp3) is 0.355. The minimum atomic E-state index is -0.864. The average molecular weight is 532 g/mol. The van der Waals surface area contributed by atoms with Crippen molar-refractivity contribution in [2.45, 2.75) is 52.3 Å². The second-order valence-corrected chi connectivity index (χ2v) is 10.4. The van der Waals surface area contributed by atoms with Gasteiger partial charge in [0.05, 0.1) is 38.1 Å². The number of furan rings is 1. The van der Waals surface area contributed by atoms with Gasteiger partial charge in [0, 0.05) is 12.0 Å². The number of rotatable bonds is 9. The second kappa shape index (κ2) is 10.9. The molecule has 0 radical (unpaired) electrons. The largest absolute Gasteiger partial charge is 0.507 e. The number of aliphatic hydroxyl groups excluding tert-OH is 1. The number of Topliss-reactive ketones (excluding diaryl/α,β-unsaturated/α-hetero) is 1. The van der Waals surface area contributed by atoms with E-state index in [2.05, 4.69) is 13.8 Å². The lowest BCUT2D eigenvalue weighted by molar-refractivity contribution is -0.140. The maximum atomic E-state index is 13.4. The Kier molecular flexibility index (Phi) is 7.37. The first-order valence-corrected chi connectivity index (χ1v) is 13.2. The first-order chi connectivity index (χ1) is 18.8. The summed E-state index contributed by atoms with van der Waals surface area (Å²) in [6.45, 7) is 6.82. The molecule has 39 heavy (non-hydrogen) atoms. The first kappa shape index (κ1) is 26.4. The smallest absolute Gasteiger partial charge is 0.296 e. The molecule has 2 atom stereocenters. The summed E-state index contributed by atoms with van der Waals surface area (Å²) in [6.07, 6.45) is 3.13. The van der Waals surface area contributed by atoms with E-state index in [1.807, 2.05) is 13.0 Å². The summed E-state index contributed by atoms with van der Waals surface area (Å²) in [6, 6.07) is 13.2. The Hall–Kier alpha value is -4.20. The van der Waals surface area contributed by atoms with Crippen molar-refractivity contribution in [3.8, 4) is 17.2 Å². The topological polar surface area (TPSA) is 98.4 Å². The third-order valence-corrected chi connectivity index (χ3v) is 7.07. The number of benzene rings is 2. The fourth-order valence-corrected chi connectivity index (χ4v) is 5.06. The minimum absolute atomic E-state index is 0.00833. The van der Waals surface area contributed by atoms with Gasteiger partial charge < -0.3 is 28.6 Å². The van der Waals surface area contributed by atoms with Crippen LogP contribution in [0.3, 0.4) is 0 Å². The average Bonchev–Trinajstić information content (AvgIpc) is 3.62. The molecule has 1 fully saturated rings. The summed E-state index contributed by atoms with van der Waals surface area (Å²) in [4.78, 5) is 28.2. The maximum Gasteiger partial charge on any atom is 0.296 e. The highest BCUT2D eigenvalue weighted by Crippen LogP contribution is 2.43. The lowest BCUT2D eigenvalue weighted by Gasteiger charge is -2.25. The summed E-state index contributed by atoms with van der Waals surface area (Å²) in [5.74, 6) is 1.10. The van der Waals surface area contributed by atoms with E-state index >= 15 is 0 Å². The zero-order valence-electron chi connectivity index (χ0n) is 22.6. The van der Waals surface area contributed by atoms with Crippen LogP contribution in [0.5, 0.6) is 17.2 Å². The van der Waals surface area contributed by atoms with E-state index in [1.165, 1.54) is 11.2 Å². The Balaban J connectivity index is 1.58. The summed E-state index contributed by atoms with van der Waals surface area (Å²) >= 11 is 0. The van der Waals surface area contributed by atoms with Crippen molar-refractivity contribution in [1.29, 1.82) is 0 Å². The minimum Gasteiger partial charge on any atom is -0.507 e. The van der Waals surface area contributed by atoms with Crippen LogP contribution in [0.2, 0.25) is 0 Å². The number of methoxy groups -OCH3 is 1. The Morgan fingerprint density at radius 2 is 1.95 bits per heavy atom. The van der Waals surface area contributed by atoms with Crippen LogP contribution in [-0.4, -0.2) is 41.5 Å². The van der Waals surface area contributed by atoms with Crippen LogP contribution < -0.4 is 14.2 Å². The molecule has 2 aromatic carbocycles. The zero-order valence-corrected chi connectivity index (χ0v) is 22.6. The highest BCUT2D eigenvalue weighted by atomic mass is 16.5. The Bertz CT molecular complexity index is 1410. The second-order valence-electron chi connectivity index (χ2n) is 10.4. The number of nitrogens with zero attached hydrogens (tertiary/aromatic N) is 1. The zero-order chi connectivity index (χ0) is 27.7. The lowest BCUT2D eigenvalue weighted by Crippen LogP contribution is -2.29. The van der Waals surface area contributed by atoms with Gasteiger partial charge in [0.25, 0.3) is 11.7 Å². The summed E-state index contributed by atoms with van der Waals surface area (Å²) in [5, 5.41) is 11.5. The number of likely N-dealkylation sites (tertiary alicyclic amines) is 1. The standard InChI is InChI=1S/C31H33NO7/c1-18(2)11-13-38-25-10-7-20(16-26(25)36-4)28-27(30(34)31(35)32(28)17-23-6-5-12-37-23)29(33)21-8-9-24-22(15-21)14-19(3)39-24/h5-10,12,15-16,18-19,28,33H,11,13-14,17H2,1-4H3/t19-,28+/m0/s1. The van der Waals surface area contributed by atoms with Crippen molar-refractivity contribution in [2.75, 3.05) is 13.7 Å². The van der Waals surface area contributed by atoms with Crippen LogP contribution >= 0.6 is 0 Å². The van der Waals surface area contributed by atoms with Crippen LogP contribution in [0.4, 0.5) is 0 Å². The van der Waals surface area contributed by atoms with Crippen LogP contribution in [0.25, 0.3) is 5.76 Å². The van der Waals surface area contributed by atoms with E-state index in [0.29, 0.717) is 47.3 Å². The molecule has 1 aromatic heterocycles. The van der Waals surface area contributed by atoms with Crippen LogP contribution in [0.1, 0.15) is 55.7 Å². The van der Waals surface area contributed by atoms with Crippen molar-refractivity contribution in [2.24, 2.45) is 5.92 Å². The predicted molar refractivity (Wildman–Crippen MR) is 145 cm³/mol. The molecule has 8 heteroatoms. The molecule has 204 valence electrons. The van der Waals surface area contributed by atoms with Gasteiger partial charge in [0.2, 0.25) is 0 Å². The molecule has 0 spiro atoms. The molecule has 8 nitrogen and oxygen atoms in total. The van der Waals surface area contributed by atoms with Gasteiger partial charge in [-0.25, -0.2) is 0 Å². The van der Waals surface area contributed by atoms with Crippen molar-refractivity contribution in [3.63, 3.8) is 0 Å². The summed E-state index contributed by atoms with van der Waals surface area (Å²) < 4.78 is 22.8. The van der Waals surface area contributed by atoms with E-state index in [0.717, 1.165) is 17.7 Å². The molecule has 1 amide bonds. The van der Waals surface area contributed by atoms with Gasteiger partial charge in [0.15, 0.2) is 11.5 Å². The van der Waals surface area contributed by atoms with Crippen molar-refractivity contribution < 1.29 is 33.3 Å². The number of hydrogen-bond acceptors (Lipinski definition) is 7. The highest BCUT2D eigenvalue weighted by Gasteiger charge is 2.46. The molecule has 2 aliphatic heterocycles. The number of amides is 1. The molecule has 0 saturated carbocycles. The number of aliphatic hydroxyl groups is 1. The number of carbonyl (C=O) groups is 2. The van der Waals surface area contributed by atoms with Crippen LogP contribution in [0, 0.1) is 5.92 Å². The number of ether oxygens (including phenoxy) is 3. The molecule has 3 aromatic rings. The molecular weight excluding hydrogens is 498 g/mol. The molecule has 0 bridgehead atoms. The SMILES string of the molecule is COc1cc([C@@H]2C(=C(O)c3ccc4c(c3)C[C@H](C)O4)C(=O)C(=O)N2Cc2ccco2)ccc1OCCC(C)C. The summed E-state index contributed by atoms with van der Waals surface area (Å²) in [5.41, 5.74) is 2.01. The molecule has 1 N–H and O–H groups in total. The molecule has 0 unspecified atom stereocenters. The highest BCUT2D eigenvalue weighted by molar-refractivity contribution is 6.46. The van der Waals surface area contributed by atoms with Gasteiger partial charge in [-0.1, -0.05) is 19.9 Å². The number of fused-ring (bicyclic) bond motifs is 1. The molecule has 3 heterocycles. The summed E-state index contributed by atoms with van der Waals surface area (Å²) in [7, 11) is 1.54. The Labute approximate surface area is 227 Å². The number of ketones is 1. The first-order valence-electron chi connectivity index (χ1n) is 13.2. The molecule has 2 aliphatic rings. The van der Waals surface area contributed by atoms with E-state index in [4.69, 9.17) is 18.6 Å². The van der Waals surface area contributed by atoms with Gasteiger partial charge in [0.1, 0.15) is 23.4 Å². The van der Waals surface area contributed by atoms with Crippen LogP contribution in [0.15, 0.2) is 64.8 Å². The number of hydrogen-bond donors (Lipinski definition) is 1. The van der Waals surface area contributed by atoms with Gasteiger partial charge in [-0.3, -0.25) is 9.59 Å². The third kappa shape index (κ3) is 5.24. The predicted octanol–water partition coefficient (Wildman–Crippen LogP) is 5.66. The van der Waals surface area contributed by atoms with Crippen molar-refractivity contribution in [1.82, 2.24) is 4.90 Å². The Morgan fingerprint density at radius 1 is 1.13 bits per heavy atom. The monoisotopic (exact) mass is 531 g/mol. The lowest BCUT2D eigenvalue weighted by atomic mass is 9.94. The molecule has 5 rings (SSSR count). The molecular formula is C31H33NO7. The maximum absolute atomic E-state index is 13.4. The van der Waals surface area contributed by atoms with Gasteiger partial charge >= 0.3 is 0 Å². The van der Waals surface area contributed by atoms with Gasteiger partial charge in [-0.15, -0.1) is 0 Å². The normalized spacial score (nSPS) is 19.9. The van der Waals surface area contributed by atoms with Crippen LogP contribution in [-0.2, 0) is 22.6 Å². The third-order valence-electron chi connectivity index (χ3n) is 7.07. The van der Waals surface area contributed by atoms with Crippen molar-refractivity contribution >= 4 is 17.4 Å². The molecule has 0 aliphatic carbocycles. The number of carbonyl (C=O) groups excluding carboxylic acids is 2. The van der Waals surface area contributed by atoms with E-state index in [-0.39, 0.29) is 24.0 Å². The van der Waals surface area contributed by atoms with Crippen molar-refractivity contribution in [3.05, 3.63) is 82.8 Å². The molecule has 1 saturated heterocycles. The van der Waals surface area contributed by atoms with E-state index in [1.54, 1.807) is 49.6 Å². The Morgan fingerprint density at radius 3 is 2.67 bits per heavy atom. The van der Waals surface area contributed by atoms with Gasteiger partial charge in [-0.2, -0.15) is 0 Å². The fourth-order valence-electron chi connectivity index (χ4n) is 5.06.